The predicted molar refractivity (Wildman–Crippen MR) is 79.7 cm³/mol. The lowest BCUT2D eigenvalue weighted by atomic mass is 10.2. The van der Waals surface area contributed by atoms with Gasteiger partial charge in [-0.25, -0.2) is 0 Å². The summed E-state index contributed by atoms with van der Waals surface area (Å²) in [6.07, 6.45) is 0. The van der Waals surface area contributed by atoms with E-state index in [0.717, 1.165) is 44.4 Å². The Kier molecular flexibility index (Phi) is 3.69. The number of rotatable bonds is 3. The summed E-state index contributed by atoms with van der Waals surface area (Å²) in [6.45, 7) is 7.16. The van der Waals surface area contributed by atoms with Gasteiger partial charge in [-0.05, 0) is 19.1 Å². The molecule has 0 aliphatic carbocycles. The van der Waals surface area contributed by atoms with Crippen molar-refractivity contribution >= 4 is 5.69 Å². The summed E-state index contributed by atoms with van der Waals surface area (Å²) in [5.74, 6) is 2.03. The van der Waals surface area contributed by atoms with Crippen LogP contribution in [0.2, 0.25) is 0 Å². The number of nitrogens with zero attached hydrogens (tertiary/aromatic N) is 5. The molecule has 106 valence electrons. The van der Waals surface area contributed by atoms with Gasteiger partial charge in [0, 0.05) is 38.9 Å². The molecular formula is C15H21N5. The number of piperazine rings is 1. The van der Waals surface area contributed by atoms with Gasteiger partial charge in [-0.3, -0.25) is 4.90 Å². The first-order valence-corrected chi connectivity index (χ1v) is 7.11. The Morgan fingerprint density at radius 2 is 1.70 bits per heavy atom. The van der Waals surface area contributed by atoms with Crippen LogP contribution in [0.15, 0.2) is 30.3 Å². The summed E-state index contributed by atoms with van der Waals surface area (Å²) in [6, 6.07) is 10.6. The molecule has 0 radical (unpaired) electrons. The van der Waals surface area contributed by atoms with E-state index in [4.69, 9.17) is 0 Å². The smallest absolute Gasteiger partial charge is 0.146 e. The number of hydrogen-bond donors (Lipinski definition) is 0. The van der Waals surface area contributed by atoms with Crippen LogP contribution in [0.3, 0.4) is 0 Å². The molecular weight excluding hydrogens is 250 g/mol. The van der Waals surface area contributed by atoms with Crippen molar-refractivity contribution in [2.24, 2.45) is 7.05 Å². The van der Waals surface area contributed by atoms with Gasteiger partial charge in [-0.15, -0.1) is 10.2 Å². The third-order valence-electron chi connectivity index (χ3n) is 4.04. The van der Waals surface area contributed by atoms with Crippen molar-refractivity contribution in [3.63, 3.8) is 0 Å². The second-order valence-electron chi connectivity index (χ2n) is 5.32. The van der Waals surface area contributed by atoms with Gasteiger partial charge in [-0.1, -0.05) is 18.2 Å². The third kappa shape index (κ3) is 2.67. The molecule has 3 rings (SSSR count). The van der Waals surface area contributed by atoms with Crippen molar-refractivity contribution < 1.29 is 0 Å². The zero-order chi connectivity index (χ0) is 13.9. The summed E-state index contributed by atoms with van der Waals surface area (Å²) in [5, 5.41) is 8.36. The van der Waals surface area contributed by atoms with E-state index < -0.39 is 0 Å². The van der Waals surface area contributed by atoms with Gasteiger partial charge >= 0.3 is 0 Å². The maximum Gasteiger partial charge on any atom is 0.146 e. The molecule has 5 nitrogen and oxygen atoms in total. The number of benzene rings is 1. The highest BCUT2D eigenvalue weighted by atomic mass is 15.3. The molecule has 1 aliphatic rings. The fourth-order valence-electron chi connectivity index (χ4n) is 2.59. The molecule has 0 spiro atoms. The highest BCUT2D eigenvalue weighted by molar-refractivity contribution is 5.46. The summed E-state index contributed by atoms with van der Waals surface area (Å²) in [5.41, 5.74) is 1.32. The van der Waals surface area contributed by atoms with Crippen LogP contribution in [0.4, 0.5) is 5.69 Å². The molecule has 0 N–H and O–H groups in total. The Hall–Kier alpha value is -1.88. The number of aromatic nitrogens is 3. The van der Waals surface area contributed by atoms with E-state index >= 15 is 0 Å². The van der Waals surface area contributed by atoms with E-state index in [1.54, 1.807) is 0 Å². The highest BCUT2D eigenvalue weighted by Crippen LogP contribution is 2.16. The minimum Gasteiger partial charge on any atom is -0.369 e. The quantitative estimate of drug-likeness (QED) is 0.846. The molecule has 5 heteroatoms. The second-order valence-corrected chi connectivity index (χ2v) is 5.32. The van der Waals surface area contributed by atoms with Gasteiger partial charge in [0.1, 0.15) is 11.6 Å². The lowest BCUT2D eigenvalue weighted by Gasteiger charge is -2.35. The predicted octanol–water partition coefficient (Wildman–Crippen LogP) is 1.45. The van der Waals surface area contributed by atoms with Crippen LogP contribution in [0, 0.1) is 6.92 Å². The van der Waals surface area contributed by atoms with Crippen molar-refractivity contribution in [3.8, 4) is 0 Å². The lowest BCUT2D eigenvalue weighted by Crippen LogP contribution is -2.46. The standard InChI is InChI=1S/C15H21N5/c1-13-16-17-15(18(13)2)12-19-8-10-20(11-9-19)14-6-4-3-5-7-14/h3-7H,8-12H2,1-2H3. The molecule has 1 aromatic carbocycles. The summed E-state index contributed by atoms with van der Waals surface area (Å²) < 4.78 is 2.07. The zero-order valence-electron chi connectivity index (χ0n) is 12.2. The Balaban J connectivity index is 1.58. The molecule has 1 saturated heterocycles. The average molecular weight is 271 g/mol. The molecule has 1 aromatic heterocycles. The maximum absolute atomic E-state index is 4.24. The molecule has 0 unspecified atom stereocenters. The van der Waals surface area contributed by atoms with Crippen molar-refractivity contribution in [3.05, 3.63) is 42.0 Å². The Morgan fingerprint density at radius 3 is 2.30 bits per heavy atom. The van der Waals surface area contributed by atoms with Crippen LogP contribution in [0.1, 0.15) is 11.6 Å². The summed E-state index contributed by atoms with van der Waals surface area (Å²) in [7, 11) is 2.03. The van der Waals surface area contributed by atoms with Crippen LogP contribution in [-0.4, -0.2) is 45.8 Å². The molecule has 1 fully saturated rings. The van der Waals surface area contributed by atoms with Crippen molar-refractivity contribution in [1.29, 1.82) is 0 Å². The van der Waals surface area contributed by atoms with E-state index in [1.165, 1.54) is 5.69 Å². The topological polar surface area (TPSA) is 37.2 Å². The van der Waals surface area contributed by atoms with Crippen LogP contribution in [0.5, 0.6) is 0 Å². The molecule has 2 aromatic rings. The minimum absolute atomic E-state index is 0.889. The normalized spacial score (nSPS) is 16.6. The zero-order valence-corrected chi connectivity index (χ0v) is 12.2. The maximum atomic E-state index is 4.24. The Labute approximate surface area is 119 Å². The fraction of sp³-hybridized carbons (Fsp3) is 0.467. The highest BCUT2D eigenvalue weighted by Gasteiger charge is 2.18. The van der Waals surface area contributed by atoms with E-state index in [9.17, 15) is 0 Å². The van der Waals surface area contributed by atoms with Gasteiger partial charge in [-0.2, -0.15) is 0 Å². The molecule has 0 saturated carbocycles. The Morgan fingerprint density at radius 1 is 1.00 bits per heavy atom. The third-order valence-corrected chi connectivity index (χ3v) is 4.04. The number of anilines is 1. The first-order chi connectivity index (χ1) is 9.74. The van der Waals surface area contributed by atoms with Crippen LogP contribution < -0.4 is 4.90 Å². The van der Waals surface area contributed by atoms with Crippen LogP contribution in [-0.2, 0) is 13.6 Å². The van der Waals surface area contributed by atoms with E-state index in [2.05, 4.69) is 54.9 Å². The molecule has 20 heavy (non-hydrogen) atoms. The van der Waals surface area contributed by atoms with Gasteiger partial charge in [0.05, 0.1) is 6.54 Å². The number of hydrogen-bond acceptors (Lipinski definition) is 4. The number of aryl methyl sites for hydroxylation is 1. The Bertz CT molecular complexity index is 555. The molecule has 0 atom stereocenters. The first kappa shape index (κ1) is 13.1. The molecule has 1 aliphatic heterocycles. The van der Waals surface area contributed by atoms with Gasteiger partial charge in [0.15, 0.2) is 0 Å². The SMILES string of the molecule is Cc1nnc(CN2CCN(c3ccccc3)CC2)n1C. The first-order valence-electron chi connectivity index (χ1n) is 7.11. The van der Waals surface area contributed by atoms with Crippen molar-refractivity contribution in [2.45, 2.75) is 13.5 Å². The molecule has 0 bridgehead atoms. The number of para-hydroxylation sites is 1. The van der Waals surface area contributed by atoms with E-state index in [0.29, 0.717) is 0 Å². The summed E-state index contributed by atoms with van der Waals surface area (Å²) >= 11 is 0. The van der Waals surface area contributed by atoms with Crippen molar-refractivity contribution in [1.82, 2.24) is 19.7 Å². The summed E-state index contributed by atoms with van der Waals surface area (Å²) in [4.78, 5) is 4.89. The van der Waals surface area contributed by atoms with E-state index in [-0.39, 0.29) is 0 Å². The second kappa shape index (κ2) is 5.63. The average Bonchev–Trinajstić information content (AvgIpc) is 2.81. The van der Waals surface area contributed by atoms with Crippen LogP contribution in [0.25, 0.3) is 0 Å². The van der Waals surface area contributed by atoms with Crippen molar-refractivity contribution in [2.75, 3.05) is 31.1 Å². The fourth-order valence-corrected chi connectivity index (χ4v) is 2.59. The largest absolute Gasteiger partial charge is 0.369 e. The van der Waals surface area contributed by atoms with Gasteiger partial charge in [0.25, 0.3) is 0 Å². The van der Waals surface area contributed by atoms with Crippen LogP contribution >= 0.6 is 0 Å². The monoisotopic (exact) mass is 271 g/mol. The minimum atomic E-state index is 0.889. The van der Waals surface area contributed by atoms with E-state index in [1.807, 2.05) is 14.0 Å². The molecule has 2 heterocycles. The van der Waals surface area contributed by atoms with Gasteiger partial charge in [0.2, 0.25) is 0 Å². The molecule has 0 amide bonds. The van der Waals surface area contributed by atoms with Gasteiger partial charge < -0.3 is 9.47 Å². The lowest BCUT2D eigenvalue weighted by molar-refractivity contribution is 0.241.